The zero-order chi connectivity index (χ0) is 14.0. The molecule has 1 fully saturated rings. The van der Waals surface area contributed by atoms with Crippen molar-refractivity contribution in [2.24, 2.45) is 5.92 Å². The molecule has 20 heavy (non-hydrogen) atoms. The number of nitrogens with zero attached hydrogens (tertiary/aromatic N) is 1. The smallest absolute Gasteiger partial charge is 0.247 e. The molecule has 0 spiro atoms. The second-order valence-corrected chi connectivity index (χ2v) is 6.91. The summed E-state index contributed by atoms with van der Waals surface area (Å²) in [6, 6.07) is 3.89. The standard InChI is InChI=1S/C12H16ClFN2O2S.ClH/c1-15-7-9-5-6-16(8-9)19(17,18)12-10(13)3-2-4-11(12)14;/h2-4,9,15H,5-8H2,1H3;1H. The normalized spacial score (nSPS) is 19.9. The van der Waals surface area contributed by atoms with Gasteiger partial charge in [0.2, 0.25) is 10.0 Å². The maximum Gasteiger partial charge on any atom is 0.247 e. The third kappa shape index (κ3) is 3.43. The molecule has 0 aliphatic carbocycles. The van der Waals surface area contributed by atoms with E-state index < -0.39 is 20.7 Å². The van der Waals surface area contributed by atoms with Gasteiger partial charge in [0.05, 0.1) is 5.02 Å². The monoisotopic (exact) mass is 342 g/mol. The quantitative estimate of drug-likeness (QED) is 0.911. The van der Waals surface area contributed by atoms with Crippen LogP contribution in [0.2, 0.25) is 5.02 Å². The van der Waals surface area contributed by atoms with Crippen molar-refractivity contribution in [3.63, 3.8) is 0 Å². The van der Waals surface area contributed by atoms with E-state index in [1.165, 1.54) is 16.4 Å². The minimum atomic E-state index is -3.85. The fourth-order valence-electron chi connectivity index (χ4n) is 2.33. The van der Waals surface area contributed by atoms with Gasteiger partial charge in [-0.3, -0.25) is 0 Å². The highest BCUT2D eigenvalue weighted by Crippen LogP contribution is 2.30. The Morgan fingerprint density at radius 1 is 1.50 bits per heavy atom. The van der Waals surface area contributed by atoms with E-state index in [1.807, 2.05) is 7.05 Å². The number of hydrogen-bond acceptors (Lipinski definition) is 3. The summed E-state index contributed by atoms with van der Waals surface area (Å²) in [7, 11) is -2.03. The summed E-state index contributed by atoms with van der Waals surface area (Å²) in [4.78, 5) is -0.415. The van der Waals surface area contributed by atoms with Gasteiger partial charge in [-0.2, -0.15) is 4.31 Å². The maximum atomic E-state index is 13.7. The third-order valence-electron chi connectivity index (χ3n) is 3.26. The summed E-state index contributed by atoms with van der Waals surface area (Å²) in [5.41, 5.74) is 0. The van der Waals surface area contributed by atoms with Crippen LogP contribution in [-0.2, 0) is 10.0 Å². The molecule has 4 nitrogen and oxygen atoms in total. The average molecular weight is 343 g/mol. The van der Waals surface area contributed by atoms with Gasteiger partial charge in [0.1, 0.15) is 10.7 Å². The molecular formula is C12H17Cl2FN2O2S. The summed E-state index contributed by atoms with van der Waals surface area (Å²) < 4.78 is 39.9. The second-order valence-electron chi connectivity index (χ2n) is 4.63. The SMILES string of the molecule is CNCC1CCN(S(=O)(=O)c2c(F)cccc2Cl)C1.Cl. The Morgan fingerprint density at radius 2 is 2.20 bits per heavy atom. The summed E-state index contributed by atoms with van der Waals surface area (Å²) in [6.07, 6.45) is 0.770. The molecule has 2 rings (SSSR count). The van der Waals surface area contributed by atoms with Crippen LogP contribution in [0.1, 0.15) is 6.42 Å². The first-order valence-electron chi connectivity index (χ1n) is 6.05. The Morgan fingerprint density at radius 3 is 2.80 bits per heavy atom. The van der Waals surface area contributed by atoms with Crippen LogP contribution < -0.4 is 5.32 Å². The van der Waals surface area contributed by atoms with Crippen molar-refractivity contribution in [2.75, 3.05) is 26.7 Å². The van der Waals surface area contributed by atoms with Gasteiger partial charge in [0.15, 0.2) is 0 Å². The Balaban J connectivity index is 0.00000200. The molecule has 8 heteroatoms. The zero-order valence-corrected chi connectivity index (χ0v) is 13.4. The van der Waals surface area contributed by atoms with Gasteiger partial charge in [-0.15, -0.1) is 12.4 Å². The fraction of sp³-hybridized carbons (Fsp3) is 0.500. The lowest BCUT2D eigenvalue weighted by Gasteiger charge is -2.17. The Hall–Kier alpha value is -0.400. The molecule has 1 unspecified atom stereocenters. The van der Waals surface area contributed by atoms with Gasteiger partial charge >= 0.3 is 0 Å². The van der Waals surface area contributed by atoms with E-state index in [1.54, 1.807) is 0 Å². The van der Waals surface area contributed by atoms with Crippen LogP contribution >= 0.6 is 24.0 Å². The maximum absolute atomic E-state index is 13.7. The molecule has 0 radical (unpaired) electrons. The van der Waals surface area contributed by atoms with E-state index in [0.717, 1.165) is 19.0 Å². The highest BCUT2D eigenvalue weighted by Gasteiger charge is 2.35. The lowest BCUT2D eigenvalue weighted by atomic mass is 10.1. The van der Waals surface area contributed by atoms with Gasteiger partial charge in [0, 0.05) is 13.1 Å². The van der Waals surface area contributed by atoms with Gasteiger partial charge in [0.25, 0.3) is 0 Å². The predicted molar refractivity (Wildman–Crippen MR) is 79.5 cm³/mol. The second kappa shape index (κ2) is 7.04. The molecule has 1 aliphatic rings. The largest absolute Gasteiger partial charge is 0.319 e. The van der Waals surface area contributed by atoms with Gasteiger partial charge in [-0.05, 0) is 38.1 Å². The van der Waals surface area contributed by atoms with E-state index in [-0.39, 0.29) is 23.3 Å². The van der Waals surface area contributed by atoms with Crippen molar-refractivity contribution in [3.05, 3.63) is 29.0 Å². The first kappa shape index (κ1) is 17.7. The highest BCUT2D eigenvalue weighted by atomic mass is 35.5. The minimum Gasteiger partial charge on any atom is -0.319 e. The Bertz CT molecular complexity index is 548. The molecule has 1 heterocycles. The minimum absolute atomic E-state index is 0. The van der Waals surface area contributed by atoms with Crippen LogP contribution in [0.4, 0.5) is 4.39 Å². The first-order chi connectivity index (χ1) is 8.96. The van der Waals surface area contributed by atoms with Crippen LogP contribution in [0.3, 0.4) is 0 Å². The molecule has 1 aromatic carbocycles. The summed E-state index contributed by atoms with van der Waals surface area (Å²) in [5.74, 6) is -0.546. The van der Waals surface area contributed by atoms with E-state index in [9.17, 15) is 12.8 Å². The van der Waals surface area contributed by atoms with E-state index >= 15 is 0 Å². The van der Waals surface area contributed by atoms with Crippen molar-refractivity contribution in [1.29, 1.82) is 0 Å². The van der Waals surface area contributed by atoms with Crippen molar-refractivity contribution < 1.29 is 12.8 Å². The van der Waals surface area contributed by atoms with E-state index in [2.05, 4.69) is 5.32 Å². The van der Waals surface area contributed by atoms with Crippen molar-refractivity contribution in [1.82, 2.24) is 9.62 Å². The third-order valence-corrected chi connectivity index (χ3v) is 5.63. The van der Waals surface area contributed by atoms with Gasteiger partial charge in [-0.1, -0.05) is 17.7 Å². The molecule has 114 valence electrons. The zero-order valence-electron chi connectivity index (χ0n) is 11.0. The summed E-state index contributed by atoms with van der Waals surface area (Å²) in [6.45, 7) is 1.55. The van der Waals surface area contributed by atoms with Gasteiger partial charge in [-0.25, -0.2) is 12.8 Å². The Labute approximate surface area is 129 Å². The molecule has 0 bridgehead atoms. The number of nitrogens with one attached hydrogen (secondary N) is 1. The predicted octanol–water partition coefficient (Wildman–Crippen LogP) is 2.13. The van der Waals surface area contributed by atoms with Crippen LogP contribution in [0.25, 0.3) is 0 Å². The molecule has 1 saturated heterocycles. The molecule has 1 atom stereocenters. The molecule has 0 aromatic heterocycles. The van der Waals surface area contributed by atoms with Gasteiger partial charge < -0.3 is 5.32 Å². The average Bonchev–Trinajstić information content (AvgIpc) is 2.78. The number of hydrogen-bond donors (Lipinski definition) is 1. The topological polar surface area (TPSA) is 49.4 Å². The molecule has 1 aliphatic heterocycles. The molecule has 1 N–H and O–H groups in total. The number of halogens is 3. The highest BCUT2D eigenvalue weighted by molar-refractivity contribution is 7.89. The molecular weight excluding hydrogens is 326 g/mol. The van der Waals surface area contributed by atoms with Crippen LogP contribution in [0.15, 0.2) is 23.1 Å². The number of sulfonamides is 1. The van der Waals surface area contributed by atoms with Crippen LogP contribution in [-0.4, -0.2) is 39.4 Å². The van der Waals surface area contributed by atoms with E-state index in [4.69, 9.17) is 11.6 Å². The fourth-order valence-corrected chi connectivity index (χ4v) is 4.42. The molecule has 0 amide bonds. The molecule has 1 aromatic rings. The van der Waals surface area contributed by atoms with Crippen LogP contribution in [0.5, 0.6) is 0 Å². The van der Waals surface area contributed by atoms with Crippen molar-refractivity contribution in [3.8, 4) is 0 Å². The van der Waals surface area contributed by atoms with Crippen molar-refractivity contribution >= 4 is 34.0 Å². The summed E-state index contributed by atoms with van der Waals surface area (Å²) in [5, 5.41) is 2.95. The Kier molecular flexibility index (Phi) is 6.22. The first-order valence-corrected chi connectivity index (χ1v) is 7.87. The molecule has 0 saturated carbocycles. The lowest BCUT2D eigenvalue weighted by Crippen LogP contribution is -2.31. The lowest BCUT2D eigenvalue weighted by molar-refractivity contribution is 0.446. The van der Waals surface area contributed by atoms with Crippen molar-refractivity contribution in [2.45, 2.75) is 11.3 Å². The number of benzene rings is 1. The summed E-state index contributed by atoms with van der Waals surface area (Å²) >= 11 is 5.83. The van der Waals surface area contributed by atoms with Crippen LogP contribution in [0, 0.1) is 11.7 Å². The van der Waals surface area contributed by atoms with E-state index in [0.29, 0.717) is 13.1 Å². The number of rotatable bonds is 4.